The molecule has 1 atom stereocenters. The van der Waals surface area contributed by atoms with Gasteiger partial charge in [0.05, 0.1) is 6.20 Å². The summed E-state index contributed by atoms with van der Waals surface area (Å²) in [7, 11) is -4.32. The van der Waals surface area contributed by atoms with Gasteiger partial charge < -0.3 is 25.5 Å². The van der Waals surface area contributed by atoms with Gasteiger partial charge in [-0.2, -0.15) is 4.98 Å². The summed E-state index contributed by atoms with van der Waals surface area (Å²) < 4.78 is 11.2. The van der Waals surface area contributed by atoms with Crippen LogP contribution in [0.2, 0.25) is 0 Å². The van der Waals surface area contributed by atoms with E-state index in [0.717, 1.165) is 10.8 Å². The summed E-state index contributed by atoms with van der Waals surface area (Å²) in [5, 5.41) is 9.30. The summed E-state index contributed by atoms with van der Waals surface area (Å²) in [6.45, 7) is -0.373. The van der Waals surface area contributed by atoms with Crippen molar-refractivity contribution in [3.63, 3.8) is 0 Å². The molecule has 0 bridgehead atoms. The summed E-state index contributed by atoms with van der Waals surface area (Å²) in [5.41, 5.74) is 4.49. The van der Waals surface area contributed by atoms with Crippen molar-refractivity contribution >= 4 is 13.4 Å². The number of nitrogen functional groups attached to an aromatic ring is 1. The van der Waals surface area contributed by atoms with Crippen molar-refractivity contribution in [3.8, 4) is 0 Å². The number of aliphatic hydroxyl groups is 1. The van der Waals surface area contributed by atoms with Crippen molar-refractivity contribution in [3.05, 3.63) is 34.6 Å². The molecule has 5 N–H and O–H groups in total. The summed E-state index contributed by atoms with van der Waals surface area (Å²) in [5.74, 6) is 0.576. The van der Waals surface area contributed by atoms with E-state index in [1.807, 2.05) is 0 Å². The molecule has 0 saturated heterocycles. The predicted octanol–water partition coefficient (Wildman–Crippen LogP) is -1.69. The van der Waals surface area contributed by atoms with Gasteiger partial charge in [0.25, 0.3) is 0 Å². The monoisotopic (exact) mass is 277 g/mol. The first-order chi connectivity index (χ1) is 8.28. The maximum atomic E-state index is 11.2. The number of hydrogen-bond donors (Lipinski definition) is 4. The number of aromatic nitrogens is 2. The van der Waals surface area contributed by atoms with Crippen LogP contribution in [0.25, 0.3) is 0 Å². The molecule has 1 heterocycles. The summed E-state index contributed by atoms with van der Waals surface area (Å²) >= 11 is 0. The minimum Gasteiger partial charge on any atom is -0.406 e. The van der Waals surface area contributed by atoms with Gasteiger partial charge >= 0.3 is 13.3 Å². The fraction of sp³-hybridized carbons (Fsp3) is 0.250. The molecule has 0 aliphatic heterocycles. The van der Waals surface area contributed by atoms with Crippen LogP contribution in [0.3, 0.4) is 0 Å². The smallest absolute Gasteiger partial charge is 0.382 e. The molecule has 100 valence electrons. The first kappa shape index (κ1) is 14.4. The number of rotatable bonds is 5. The van der Waals surface area contributed by atoms with Crippen LogP contribution in [0.5, 0.6) is 0 Å². The Bertz CT molecular complexity index is 536. The zero-order chi connectivity index (χ0) is 13.8. The van der Waals surface area contributed by atoms with E-state index in [1.165, 1.54) is 12.3 Å². The Morgan fingerprint density at radius 2 is 2.28 bits per heavy atom. The third-order valence-electron chi connectivity index (χ3n) is 1.68. The Balaban J connectivity index is 2.58. The molecule has 0 aliphatic carbocycles. The van der Waals surface area contributed by atoms with E-state index in [4.69, 9.17) is 20.4 Å². The molecule has 9 nitrogen and oxygen atoms in total. The van der Waals surface area contributed by atoms with E-state index in [1.54, 1.807) is 0 Å². The Labute approximate surface area is 101 Å². The van der Waals surface area contributed by atoms with E-state index in [2.05, 4.69) is 4.98 Å². The highest BCUT2D eigenvalue weighted by Gasteiger charge is 2.09. The van der Waals surface area contributed by atoms with E-state index in [0.29, 0.717) is 5.82 Å². The van der Waals surface area contributed by atoms with E-state index in [-0.39, 0.29) is 12.4 Å². The number of nitrogens with two attached hydrogens (primary N) is 1. The average Bonchev–Trinajstić information content (AvgIpc) is 2.24. The van der Waals surface area contributed by atoms with Gasteiger partial charge in [-0.25, -0.2) is 4.79 Å². The molecule has 10 heteroatoms. The lowest BCUT2D eigenvalue weighted by molar-refractivity contribution is 0.0399. The van der Waals surface area contributed by atoms with Gasteiger partial charge in [0, 0.05) is 11.9 Å². The SMILES string of the molecule is Nc1ccn(OCC(O)/C=C/P(=O)(O)O)c(=O)n1. The molecule has 0 fully saturated rings. The van der Waals surface area contributed by atoms with Crippen molar-refractivity contribution in [1.29, 1.82) is 0 Å². The van der Waals surface area contributed by atoms with Crippen LogP contribution in [0, 0.1) is 0 Å². The van der Waals surface area contributed by atoms with E-state index < -0.39 is 19.4 Å². The van der Waals surface area contributed by atoms with Crippen LogP contribution in [0.15, 0.2) is 29.0 Å². The van der Waals surface area contributed by atoms with Gasteiger partial charge in [-0.05, 0) is 6.08 Å². The van der Waals surface area contributed by atoms with Crippen LogP contribution >= 0.6 is 7.60 Å². The second kappa shape index (κ2) is 5.78. The largest absolute Gasteiger partial charge is 0.406 e. The maximum Gasteiger partial charge on any atom is 0.382 e. The Morgan fingerprint density at radius 1 is 1.61 bits per heavy atom. The molecule has 1 aromatic heterocycles. The standard InChI is InChI=1S/C8H12N3O6P/c9-7-1-3-11(8(13)10-7)17-5-6(12)2-4-18(14,15)16/h1-4,6,12H,5H2,(H2,9,10,13)(H2,14,15,16)/b4-2+. The fourth-order valence-electron chi connectivity index (χ4n) is 0.927. The molecule has 0 aliphatic rings. The average molecular weight is 277 g/mol. The van der Waals surface area contributed by atoms with Gasteiger partial charge in [-0.1, -0.05) is 0 Å². The molecular formula is C8H12N3O6P. The molecule has 0 spiro atoms. The normalized spacial score (nSPS) is 13.7. The number of hydrogen-bond acceptors (Lipinski definition) is 6. The zero-order valence-electron chi connectivity index (χ0n) is 9.08. The zero-order valence-corrected chi connectivity index (χ0v) is 9.97. The van der Waals surface area contributed by atoms with E-state index in [9.17, 15) is 14.5 Å². The number of aliphatic hydroxyl groups excluding tert-OH is 1. The Kier molecular flexibility index (Phi) is 4.62. The Morgan fingerprint density at radius 3 is 2.83 bits per heavy atom. The summed E-state index contributed by atoms with van der Waals surface area (Å²) in [4.78, 5) is 36.5. The quantitative estimate of drug-likeness (QED) is 0.466. The Hall–Kier alpha value is -1.67. The van der Waals surface area contributed by atoms with Crippen LogP contribution in [-0.2, 0) is 4.57 Å². The van der Waals surface area contributed by atoms with Gasteiger partial charge in [-0.15, -0.1) is 4.73 Å². The third kappa shape index (κ3) is 5.11. The summed E-state index contributed by atoms with van der Waals surface area (Å²) in [6, 6.07) is 1.32. The van der Waals surface area contributed by atoms with Gasteiger partial charge in [0.2, 0.25) is 0 Å². The molecule has 0 amide bonds. The summed E-state index contributed by atoms with van der Waals surface area (Å²) in [6.07, 6.45) is 0.808. The molecule has 1 aromatic rings. The van der Waals surface area contributed by atoms with Crippen molar-refractivity contribution in [1.82, 2.24) is 9.71 Å². The van der Waals surface area contributed by atoms with Crippen molar-refractivity contribution in [2.75, 3.05) is 12.3 Å². The van der Waals surface area contributed by atoms with Crippen LogP contribution < -0.4 is 16.3 Å². The van der Waals surface area contributed by atoms with Gasteiger partial charge in [0.15, 0.2) is 0 Å². The lowest BCUT2D eigenvalue weighted by Gasteiger charge is -2.09. The molecule has 0 aromatic carbocycles. The topological polar surface area (TPSA) is 148 Å². The van der Waals surface area contributed by atoms with E-state index >= 15 is 0 Å². The lowest BCUT2D eigenvalue weighted by atomic mass is 10.4. The van der Waals surface area contributed by atoms with Crippen molar-refractivity contribution in [2.45, 2.75) is 6.10 Å². The highest BCUT2D eigenvalue weighted by atomic mass is 31.2. The molecular weight excluding hydrogens is 265 g/mol. The predicted molar refractivity (Wildman–Crippen MR) is 61.5 cm³/mol. The van der Waals surface area contributed by atoms with Crippen LogP contribution in [-0.4, -0.2) is 37.3 Å². The maximum absolute atomic E-state index is 11.2. The van der Waals surface area contributed by atoms with Crippen LogP contribution in [0.1, 0.15) is 0 Å². The first-order valence-corrected chi connectivity index (χ1v) is 6.37. The fourth-order valence-corrected chi connectivity index (χ4v) is 1.35. The van der Waals surface area contributed by atoms with Crippen LogP contribution in [0.4, 0.5) is 5.82 Å². The number of nitrogens with zero attached hydrogens (tertiary/aromatic N) is 2. The molecule has 1 rings (SSSR count). The van der Waals surface area contributed by atoms with Crippen molar-refractivity contribution < 1.29 is 24.3 Å². The second-order valence-electron chi connectivity index (χ2n) is 3.25. The van der Waals surface area contributed by atoms with Gasteiger partial charge in [0.1, 0.15) is 18.5 Å². The molecule has 1 unspecified atom stereocenters. The molecule has 18 heavy (non-hydrogen) atoms. The molecule has 0 radical (unpaired) electrons. The minimum absolute atomic E-state index is 0.0294. The number of anilines is 1. The molecule has 0 saturated carbocycles. The third-order valence-corrected chi connectivity index (χ3v) is 2.24. The lowest BCUT2D eigenvalue weighted by Crippen LogP contribution is -2.32. The highest BCUT2D eigenvalue weighted by molar-refractivity contribution is 7.55. The first-order valence-electron chi connectivity index (χ1n) is 4.69. The van der Waals surface area contributed by atoms with Gasteiger partial charge in [-0.3, -0.25) is 4.57 Å². The minimum atomic E-state index is -4.32. The second-order valence-corrected chi connectivity index (χ2v) is 4.73. The highest BCUT2D eigenvalue weighted by Crippen LogP contribution is 2.35. The van der Waals surface area contributed by atoms with Crippen molar-refractivity contribution in [2.24, 2.45) is 0 Å².